The molecule has 1 aliphatic rings. The molecule has 0 heterocycles. The molecule has 0 saturated heterocycles. The summed E-state index contributed by atoms with van der Waals surface area (Å²) in [4.78, 5) is 22.8. The van der Waals surface area contributed by atoms with Gasteiger partial charge in [0.05, 0.1) is 12.5 Å². The van der Waals surface area contributed by atoms with Gasteiger partial charge < -0.3 is 15.2 Å². The summed E-state index contributed by atoms with van der Waals surface area (Å²) in [6.45, 7) is 3.14. The number of rotatable bonds is 5. The van der Waals surface area contributed by atoms with Gasteiger partial charge in [-0.2, -0.15) is 18.4 Å². The van der Waals surface area contributed by atoms with Crippen LogP contribution >= 0.6 is 0 Å². The van der Waals surface area contributed by atoms with Crippen molar-refractivity contribution in [2.45, 2.75) is 38.9 Å². The van der Waals surface area contributed by atoms with E-state index in [1.807, 2.05) is 0 Å². The molecular weight excluding hydrogens is 300 g/mol. The minimum Gasteiger partial charge on any atom is -0.550 e. The molecule has 3 atom stereocenters. The van der Waals surface area contributed by atoms with Crippen LogP contribution in [0.3, 0.4) is 0 Å². The van der Waals surface area contributed by atoms with Crippen molar-refractivity contribution in [3.8, 4) is 6.07 Å². The third-order valence-electron chi connectivity index (χ3n) is 3.74. The van der Waals surface area contributed by atoms with E-state index in [9.17, 15) is 27.9 Å². The van der Waals surface area contributed by atoms with Gasteiger partial charge in [0.15, 0.2) is 0 Å². The van der Waals surface area contributed by atoms with Crippen molar-refractivity contribution >= 4 is 11.9 Å². The third kappa shape index (κ3) is 4.11. The number of carbonyl (C=O) groups is 2. The Morgan fingerprint density at radius 1 is 1.48 bits per heavy atom. The van der Waals surface area contributed by atoms with Gasteiger partial charge in [0, 0.05) is 17.3 Å². The first-order valence-corrected chi connectivity index (χ1v) is 6.02. The molecule has 0 aromatic carbocycles. The van der Waals surface area contributed by atoms with Crippen LogP contribution in [0.25, 0.3) is 0 Å². The van der Waals surface area contributed by atoms with Gasteiger partial charge in [-0.05, 0) is 12.3 Å². The SMILES string of the molecule is CC(C)C1(C(=O)[O-])CC1C(=O)NC(CC#N)C(F)(F)F.[Na+]. The molecular formula is C12H14F3N2NaO3. The van der Waals surface area contributed by atoms with E-state index in [0.29, 0.717) is 0 Å². The average Bonchev–Trinajstić information content (AvgIpc) is 3.03. The quantitative estimate of drug-likeness (QED) is 0.562. The normalized spacial score (nSPS) is 25.5. The Morgan fingerprint density at radius 2 is 2.00 bits per heavy atom. The number of amides is 1. The fraction of sp³-hybridized carbons (Fsp3) is 0.750. The van der Waals surface area contributed by atoms with Crippen LogP contribution < -0.4 is 40.0 Å². The molecule has 9 heteroatoms. The van der Waals surface area contributed by atoms with Crippen LogP contribution in [-0.4, -0.2) is 24.1 Å². The number of aliphatic carboxylic acids is 1. The van der Waals surface area contributed by atoms with Gasteiger partial charge in [-0.25, -0.2) is 0 Å². The van der Waals surface area contributed by atoms with Gasteiger partial charge in [0.2, 0.25) is 5.91 Å². The molecule has 1 fully saturated rings. The fourth-order valence-electron chi connectivity index (χ4n) is 2.32. The minimum absolute atomic E-state index is 0. The van der Waals surface area contributed by atoms with Crippen molar-refractivity contribution in [2.24, 2.45) is 17.3 Å². The summed E-state index contributed by atoms with van der Waals surface area (Å²) in [7, 11) is 0. The van der Waals surface area contributed by atoms with Crippen molar-refractivity contribution in [2.75, 3.05) is 0 Å². The van der Waals surface area contributed by atoms with Gasteiger partial charge in [0.25, 0.3) is 0 Å². The molecule has 1 amide bonds. The number of carbonyl (C=O) groups excluding carboxylic acids is 2. The van der Waals surface area contributed by atoms with Crippen molar-refractivity contribution < 1.29 is 57.4 Å². The monoisotopic (exact) mass is 314 g/mol. The van der Waals surface area contributed by atoms with Crippen LogP contribution in [0.2, 0.25) is 0 Å². The van der Waals surface area contributed by atoms with Gasteiger partial charge in [0.1, 0.15) is 6.04 Å². The van der Waals surface area contributed by atoms with Crippen LogP contribution in [-0.2, 0) is 9.59 Å². The largest absolute Gasteiger partial charge is 1.00 e. The standard InChI is InChI=1S/C12H15F3N2O3.Na/c1-6(2)11(10(19)20)5-7(11)9(18)17-8(3-4-16)12(13,14)15;/h6-8H,3,5H2,1-2H3,(H,17,18)(H,19,20);/q;+1/p-1. The third-order valence-corrected chi connectivity index (χ3v) is 3.74. The summed E-state index contributed by atoms with van der Waals surface area (Å²) in [5, 5.41) is 21.1. The Labute approximate surface area is 142 Å². The summed E-state index contributed by atoms with van der Waals surface area (Å²) in [5.41, 5.74) is -1.41. The van der Waals surface area contributed by atoms with Crippen molar-refractivity contribution in [1.82, 2.24) is 5.32 Å². The summed E-state index contributed by atoms with van der Waals surface area (Å²) >= 11 is 0. The van der Waals surface area contributed by atoms with Crippen LogP contribution in [0.15, 0.2) is 0 Å². The molecule has 1 N–H and O–H groups in total. The van der Waals surface area contributed by atoms with E-state index in [1.165, 1.54) is 6.07 Å². The Kier molecular flexibility index (Phi) is 6.73. The molecule has 21 heavy (non-hydrogen) atoms. The Balaban J connectivity index is 0.00000400. The topological polar surface area (TPSA) is 93.0 Å². The summed E-state index contributed by atoms with van der Waals surface area (Å²) in [5.74, 6) is -3.91. The Morgan fingerprint density at radius 3 is 2.29 bits per heavy atom. The second-order valence-corrected chi connectivity index (χ2v) is 5.20. The van der Waals surface area contributed by atoms with E-state index in [1.54, 1.807) is 19.2 Å². The number of nitrogens with zero attached hydrogens (tertiary/aromatic N) is 1. The maximum Gasteiger partial charge on any atom is 1.00 e. The molecule has 0 aliphatic heterocycles. The van der Waals surface area contributed by atoms with Gasteiger partial charge >= 0.3 is 35.7 Å². The number of hydrogen-bond acceptors (Lipinski definition) is 4. The number of nitriles is 1. The van der Waals surface area contributed by atoms with Gasteiger partial charge in [-0.1, -0.05) is 13.8 Å². The zero-order chi connectivity index (χ0) is 15.7. The number of alkyl halides is 3. The molecule has 3 unspecified atom stereocenters. The zero-order valence-electron chi connectivity index (χ0n) is 12.0. The zero-order valence-corrected chi connectivity index (χ0v) is 14.0. The first kappa shape index (κ1) is 20.2. The van der Waals surface area contributed by atoms with Crippen LogP contribution in [0.5, 0.6) is 0 Å². The summed E-state index contributed by atoms with van der Waals surface area (Å²) in [6, 6.07) is -0.943. The van der Waals surface area contributed by atoms with Gasteiger partial charge in [-0.3, -0.25) is 4.79 Å². The smallest absolute Gasteiger partial charge is 0.550 e. The molecule has 1 aliphatic carbocycles. The van der Waals surface area contributed by atoms with E-state index >= 15 is 0 Å². The number of halogens is 3. The van der Waals surface area contributed by atoms with Crippen molar-refractivity contribution in [3.05, 3.63) is 0 Å². The maximum absolute atomic E-state index is 12.6. The number of carboxylic acids is 1. The number of hydrogen-bond donors (Lipinski definition) is 1. The molecule has 1 saturated carbocycles. The van der Waals surface area contributed by atoms with E-state index in [2.05, 4.69) is 0 Å². The fourth-order valence-corrected chi connectivity index (χ4v) is 2.32. The number of nitrogens with one attached hydrogen (secondary N) is 1. The molecule has 0 aromatic rings. The Hall–Kier alpha value is -0.780. The summed E-state index contributed by atoms with van der Waals surface area (Å²) < 4.78 is 37.7. The van der Waals surface area contributed by atoms with E-state index in [-0.39, 0.29) is 36.0 Å². The predicted octanol–water partition coefficient (Wildman–Crippen LogP) is -2.64. The molecule has 0 bridgehead atoms. The van der Waals surface area contributed by atoms with E-state index in [0.717, 1.165) is 0 Å². The molecule has 0 radical (unpaired) electrons. The van der Waals surface area contributed by atoms with Crippen LogP contribution in [0.4, 0.5) is 13.2 Å². The van der Waals surface area contributed by atoms with Crippen LogP contribution in [0, 0.1) is 28.6 Å². The minimum atomic E-state index is -4.75. The molecule has 5 nitrogen and oxygen atoms in total. The first-order chi connectivity index (χ1) is 9.07. The van der Waals surface area contributed by atoms with E-state index < -0.39 is 47.8 Å². The van der Waals surface area contributed by atoms with Crippen LogP contribution in [0.1, 0.15) is 26.7 Å². The van der Waals surface area contributed by atoms with E-state index in [4.69, 9.17) is 5.26 Å². The number of carboxylic acid groups (broad SMARTS) is 1. The summed E-state index contributed by atoms with van der Waals surface area (Å²) in [6.07, 6.45) is -5.71. The second kappa shape index (κ2) is 6.99. The first-order valence-electron chi connectivity index (χ1n) is 6.02. The molecule has 1 rings (SSSR count). The predicted molar refractivity (Wildman–Crippen MR) is 58.6 cm³/mol. The van der Waals surface area contributed by atoms with Gasteiger partial charge in [-0.15, -0.1) is 0 Å². The Bertz CT molecular complexity index is 462. The maximum atomic E-state index is 12.6. The molecule has 0 aromatic heterocycles. The average molecular weight is 314 g/mol. The second-order valence-electron chi connectivity index (χ2n) is 5.20. The van der Waals surface area contributed by atoms with Crippen molar-refractivity contribution in [1.29, 1.82) is 5.26 Å². The molecule has 112 valence electrons. The molecule has 0 spiro atoms. The van der Waals surface area contributed by atoms with Crippen molar-refractivity contribution in [3.63, 3.8) is 0 Å².